The summed E-state index contributed by atoms with van der Waals surface area (Å²) in [6.45, 7) is 4.63. The summed E-state index contributed by atoms with van der Waals surface area (Å²) in [6.07, 6.45) is 4.09. The van der Waals surface area contributed by atoms with E-state index < -0.39 is 0 Å². The van der Waals surface area contributed by atoms with E-state index in [9.17, 15) is 4.79 Å². The van der Waals surface area contributed by atoms with E-state index in [2.05, 4.69) is 17.6 Å². The molecular formula is C13H20N2OS. The predicted octanol–water partition coefficient (Wildman–Crippen LogP) is 2.98. The summed E-state index contributed by atoms with van der Waals surface area (Å²) in [7, 11) is 0. The van der Waals surface area contributed by atoms with Crippen LogP contribution in [0.25, 0.3) is 0 Å². The van der Waals surface area contributed by atoms with Crippen LogP contribution in [0.3, 0.4) is 0 Å². The molecule has 94 valence electrons. The molecule has 1 aromatic heterocycles. The molecule has 2 N–H and O–H groups in total. The van der Waals surface area contributed by atoms with Crippen LogP contribution in [0.5, 0.6) is 0 Å². The molecule has 0 bridgehead atoms. The minimum absolute atomic E-state index is 0.00400. The maximum Gasteiger partial charge on any atom is 0.221 e. The van der Waals surface area contributed by atoms with Gasteiger partial charge in [0.15, 0.2) is 0 Å². The Morgan fingerprint density at radius 3 is 3.00 bits per heavy atom. The number of anilines is 1. The van der Waals surface area contributed by atoms with E-state index in [1.165, 1.54) is 24.1 Å². The van der Waals surface area contributed by atoms with E-state index >= 15 is 0 Å². The van der Waals surface area contributed by atoms with E-state index in [0.29, 0.717) is 6.04 Å². The molecule has 0 aliphatic heterocycles. The van der Waals surface area contributed by atoms with Crippen molar-refractivity contribution in [2.24, 2.45) is 5.92 Å². The summed E-state index contributed by atoms with van der Waals surface area (Å²) in [4.78, 5) is 12.2. The summed E-state index contributed by atoms with van der Waals surface area (Å²) in [5.41, 5.74) is 0.952. The van der Waals surface area contributed by atoms with Crippen molar-refractivity contribution in [2.45, 2.75) is 45.7 Å². The van der Waals surface area contributed by atoms with E-state index in [-0.39, 0.29) is 5.91 Å². The Hall–Kier alpha value is -0.870. The fourth-order valence-electron chi connectivity index (χ4n) is 1.98. The van der Waals surface area contributed by atoms with Crippen LogP contribution in [0.2, 0.25) is 0 Å². The fraction of sp³-hybridized carbons (Fsp3) is 0.615. The first-order valence-electron chi connectivity index (χ1n) is 6.22. The maximum atomic E-state index is 11.0. The Kier molecular flexibility index (Phi) is 4.18. The summed E-state index contributed by atoms with van der Waals surface area (Å²) >= 11 is 1.69. The molecule has 1 fully saturated rings. The first-order chi connectivity index (χ1) is 8.15. The van der Waals surface area contributed by atoms with Gasteiger partial charge >= 0.3 is 0 Å². The Labute approximate surface area is 107 Å². The number of nitrogens with one attached hydrogen (secondary N) is 2. The lowest BCUT2D eigenvalue weighted by Gasteiger charge is -2.13. The summed E-state index contributed by atoms with van der Waals surface area (Å²) < 4.78 is 0. The van der Waals surface area contributed by atoms with Crippen LogP contribution in [-0.2, 0) is 11.3 Å². The molecule has 1 atom stereocenters. The van der Waals surface area contributed by atoms with Crippen molar-refractivity contribution < 1.29 is 4.79 Å². The minimum atomic E-state index is -0.00400. The van der Waals surface area contributed by atoms with Crippen LogP contribution in [0.4, 0.5) is 5.69 Å². The highest BCUT2D eigenvalue weighted by Crippen LogP contribution is 2.33. The number of hydrogen-bond donors (Lipinski definition) is 2. The topological polar surface area (TPSA) is 41.1 Å². The van der Waals surface area contributed by atoms with Crippen LogP contribution < -0.4 is 10.6 Å². The highest BCUT2D eigenvalue weighted by Gasteiger charge is 2.23. The second kappa shape index (κ2) is 5.65. The van der Waals surface area contributed by atoms with Gasteiger partial charge in [0.2, 0.25) is 5.91 Å². The van der Waals surface area contributed by atoms with Gasteiger partial charge in [-0.25, -0.2) is 0 Å². The van der Waals surface area contributed by atoms with E-state index in [1.807, 2.05) is 11.4 Å². The average Bonchev–Trinajstić information content (AvgIpc) is 2.95. The highest BCUT2D eigenvalue weighted by atomic mass is 32.1. The van der Waals surface area contributed by atoms with Crippen LogP contribution in [0.1, 0.15) is 38.0 Å². The van der Waals surface area contributed by atoms with Gasteiger partial charge in [-0.15, -0.1) is 11.3 Å². The lowest BCUT2D eigenvalue weighted by Crippen LogP contribution is -2.26. The zero-order valence-corrected chi connectivity index (χ0v) is 11.3. The smallest absolute Gasteiger partial charge is 0.221 e. The van der Waals surface area contributed by atoms with Crippen LogP contribution >= 0.6 is 11.3 Å². The maximum absolute atomic E-state index is 11.0. The standard InChI is InChI=1S/C13H20N2OS/c1-9(7-11-3-4-11)14-8-13-12(5-6-17-13)15-10(2)16/h5-6,9,11,14H,3-4,7-8H2,1-2H3,(H,15,16). The Bertz CT molecular complexity index is 385. The molecule has 1 aliphatic rings. The second-order valence-electron chi connectivity index (χ2n) is 4.90. The molecule has 0 spiro atoms. The van der Waals surface area contributed by atoms with Gasteiger partial charge in [0.1, 0.15) is 0 Å². The molecule has 2 rings (SSSR count). The zero-order chi connectivity index (χ0) is 12.3. The molecule has 1 unspecified atom stereocenters. The van der Waals surface area contributed by atoms with Gasteiger partial charge in [-0.05, 0) is 30.7 Å². The minimum Gasteiger partial charge on any atom is -0.325 e. The van der Waals surface area contributed by atoms with Crippen LogP contribution in [0, 0.1) is 5.92 Å². The van der Waals surface area contributed by atoms with Crippen LogP contribution in [-0.4, -0.2) is 11.9 Å². The van der Waals surface area contributed by atoms with Crippen molar-refractivity contribution in [3.8, 4) is 0 Å². The van der Waals surface area contributed by atoms with Gasteiger partial charge in [0, 0.05) is 24.4 Å². The van der Waals surface area contributed by atoms with Crippen molar-refractivity contribution >= 4 is 22.9 Å². The number of carbonyl (C=O) groups is 1. The first kappa shape index (κ1) is 12.6. The predicted molar refractivity (Wildman–Crippen MR) is 72.3 cm³/mol. The number of amides is 1. The number of rotatable bonds is 6. The zero-order valence-electron chi connectivity index (χ0n) is 10.5. The SMILES string of the molecule is CC(=O)Nc1ccsc1CNC(C)CC1CC1. The Morgan fingerprint density at radius 2 is 2.35 bits per heavy atom. The fourth-order valence-corrected chi connectivity index (χ4v) is 2.76. The monoisotopic (exact) mass is 252 g/mol. The molecule has 0 aromatic carbocycles. The Morgan fingerprint density at radius 1 is 1.59 bits per heavy atom. The van der Waals surface area contributed by atoms with Crippen LogP contribution in [0.15, 0.2) is 11.4 Å². The van der Waals surface area contributed by atoms with Gasteiger partial charge in [-0.3, -0.25) is 4.79 Å². The van der Waals surface area contributed by atoms with Gasteiger partial charge in [0.05, 0.1) is 5.69 Å². The molecule has 1 aliphatic carbocycles. The van der Waals surface area contributed by atoms with Gasteiger partial charge in [0.25, 0.3) is 0 Å². The van der Waals surface area contributed by atoms with Gasteiger partial charge in [-0.1, -0.05) is 12.8 Å². The van der Waals surface area contributed by atoms with E-state index in [4.69, 9.17) is 0 Å². The Balaban J connectivity index is 1.80. The van der Waals surface area contributed by atoms with Gasteiger partial charge < -0.3 is 10.6 Å². The third-order valence-corrected chi connectivity index (χ3v) is 3.97. The average molecular weight is 252 g/mol. The summed E-state index contributed by atoms with van der Waals surface area (Å²) in [5.74, 6) is 0.950. The molecule has 4 heteroatoms. The largest absolute Gasteiger partial charge is 0.325 e. The lowest BCUT2D eigenvalue weighted by atomic mass is 10.1. The van der Waals surface area contributed by atoms with Crippen molar-refractivity contribution in [1.29, 1.82) is 0 Å². The van der Waals surface area contributed by atoms with Crippen molar-refractivity contribution in [2.75, 3.05) is 5.32 Å². The van der Waals surface area contributed by atoms with Crippen molar-refractivity contribution in [1.82, 2.24) is 5.32 Å². The molecule has 3 nitrogen and oxygen atoms in total. The molecule has 0 radical (unpaired) electrons. The molecular weight excluding hydrogens is 232 g/mol. The quantitative estimate of drug-likeness (QED) is 0.817. The van der Waals surface area contributed by atoms with E-state index in [0.717, 1.165) is 18.2 Å². The third kappa shape index (κ3) is 4.13. The summed E-state index contributed by atoms with van der Waals surface area (Å²) in [6, 6.07) is 2.53. The van der Waals surface area contributed by atoms with Crippen molar-refractivity contribution in [3.63, 3.8) is 0 Å². The van der Waals surface area contributed by atoms with E-state index in [1.54, 1.807) is 18.3 Å². The molecule has 1 saturated carbocycles. The highest BCUT2D eigenvalue weighted by molar-refractivity contribution is 7.10. The third-order valence-electron chi connectivity index (χ3n) is 3.05. The molecule has 0 saturated heterocycles. The molecule has 1 amide bonds. The lowest BCUT2D eigenvalue weighted by molar-refractivity contribution is -0.114. The summed E-state index contributed by atoms with van der Waals surface area (Å²) in [5, 5.41) is 8.41. The normalized spacial score (nSPS) is 16.8. The second-order valence-corrected chi connectivity index (χ2v) is 5.90. The number of thiophene rings is 1. The molecule has 1 heterocycles. The van der Waals surface area contributed by atoms with Crippen molar-refractivity contribution in [3.05, 3.63) is 16.3 Å². The number of hydrogen-bond acceptors (Lipinski definition) is 3. The van der Waals surface area contributed by atoms with Gasteiger partial charge in [-0.2, -0.15) is 0 Å². The molecule has 17 heavy (non-hydrogen) atoms. The first-order valence-corrected chi connectivity index (χ1v) is 7.10. The number of carbonyl (C=O) groups excluding carboxylic acids is 1. The molecule has 1 aromatic rings.